The molecule has 1 heterocycles. The fourth-order valence-corrected chi connectivity index (χ4v) is 4.56. The third kappa shape index (κ3) is 3.71. The summed E-state index contributed by atoms with van der Waals surface area (Å²) in [4.78, 5) is 1.57. The van der Waals surface area contributed by atoms with Gasteiger partial charge >= 0.3 is 0 Å². The number of methoxy groups -OCH3 is 1. The minimum absolute atomic E-state index is 0.125. The summed E-state index contributed by atoms with van der Waals surface area (Å²) in [6.07, 6.45) is 0. The van der Waals surface area contributed by atoms with E-state index in [4.69, 9.17) is 10.5 Å². The first-order valence-corrected chi connectivity index (χ1v) is 11.1. The van der Waals surface area contributed by atoms with E-state index in [0.717, 1.165) is 5.56 Å². The Labute approximate surface area is 181 Å². The molecule has 3 N–H and O–H groups in total. The third-order valence-corrected chi connectivity index (χ3v) is 6.78. The minimum atomic E-state index is -3.74. The summed E-state index contributed by atoms with van der Waals surface area (Å²) in [6.45, 7) is 1.90. The van der Waals surface area contributed by atoms with Gasteiger partial charge in [0.2, 0.25) is 0 Å². The average Bonchev–Trinajstić information content (AvgIpc) is 3.16. The highest BCUT2D eigenvalue weighted by atomic mass is 79.9. The van der Waals surface area contributed by atoms with Crippen molar-refractivity contribution in [3.63, 3.8) is 0 Å². The second-order valence-electron chi connectivity index (χ2n) is 6.61. The Balaban J connectivity index is 1.62. The minimum Gasteiger partial charge on any atom is -0.497 e. The average molecular weight is 488 g/mol. The first-order chi connectivity index (χ1) is 14.3. The molecule has 4 aromatic rings. The molecule has 0 saturated heterocycles. The van der Waals surface area contributed by atoms with Crippen LogP contribution in [0, 0.1) is 6.92 Å². The zero-order valence-electron chi connectivity index (χ0n) is 16.1. The van der Waals surface area contributed by atoms with Gasteiger partial charge in [-0.05, 0) is 83.0 Å². The van der Waals surface area contributed by atoms with E-state index in [1.165, 1.54) is 16.9 Å². The number of ether oxygens (including phenoxy) is 1. The van der Waals surface area contributed by atoms with E-state index in [2.05, 4.69) is 30.8 Å². The number of aryl methyl sites for hydroxylation is 1. The number of halogens is 1. The predicted octanol–water partition coefficient (Wildman–Crippen LogP) is 3.88. The fraction of sp³-hybridized carbons (Fsp3) is 0.100. The normalized spacial score (nSPS) is 11.6. The van der Waals surface area contributed by atoms with Crippen molar-refractivity contribution in [3.8, 4) is 11.4 Å². The van der Waals surface area contributed by atoms with Gasteiger partial charge in [-0.15, -0.1) is 10.2 Å². The largest absolute Gasteiger partial charge is 0.497 e. The first-order valence-electron chi connectivity index (χ1n) is 8.87. The second kappa shape index (κ2) is 7.62. The third-order valence-electron chi connectivity index (χ3n) is 4.58. The Morgan fingerprint density at radius 3 is 2.37 bits per heavy atom. The van der Waals surface area contributed by atoms with Crippen LogP contribution in [-0.2, 0) is 10.0 Å². The molecule has 0 fully saturated rings. The Bertz CT molecular complexity index is 1330. The van der Waals surface area contributed by atoms with Crippen molar-refractivity contribution in [2.24, 2.45) is 0 Å². The molecule has 1 aromatic heterocycles. The molecule has 8 nitrogen and oxygen atoms in total. The molecular formula is C20H18BrN5O3S. The van der Waals surface area contributed by atoms with Crippen molar-refractivity contribution in [1.82, 2.24) is 15.0 Å². The monoisotopic (exact) mass is 487 g/mol. The van der Waals surface area contributed by atoms with Crippen molar-refractivity contribution in [3.05, 3.63) is 64.6 Å². The van der Waals surface area contributed by atoms with Gasteiger partial charge in [-0.3, -0.25) is 4.72 Å². The standard InChI is InChI=1S/C20H18BrN5O3S/c1-12-11-17-20(18(21)19(12)22)24-26(23-17)14-5-9-16(10-6-14)30(27,28)25-13-3-7-15(29-2)8-4-13/h3-11,25H,22H2,1-2H3. The van der Waals surface area contributed by atoms with Crippen LogP contribution in [0.2, 0.25) is 0 Å². The van der Waals surface area contributed by atoms with E-state index in [1.807, 2.05) is 13.0 Å². The van der Waals surface area contributed by atoms with Crippen LogP contribution in [0.5, 0.6) is 5.75 Å². The number of hydrogen-bond donors (Lipinski definition) is 2. The highest BCUT2D eigenvalue weighted by Gasteiger charge is 2.16. The van der Waals surface area contributed by atoms with Gasteiger partial charge in [-0.25, -0.2) is 8.42 Å². The molecule has 30 heavy (non-hydrogen) atoms. The number of nitrogens with one attached hydrogen (secondary N) is 1. The lowest BCUT2D eigenvalue weighted by Gasteiger charge is -2.09. The molecule has 154 valence electrons. The number of benzene rings is 3. The first kappa shape index (κ1) is 20.2. The van der Waals surface area contributed by atoms with Crippen LogP contribution in [0.1, 0.15) is 5.56 Å². The lowest BCUT2D eigenvalue weighted by molar-refractivity contribution is 0.415. The molecule has 0 unspecified atom stereocenters. The predicted molar refractivity (Wildman–Crippen MR) is 120 cm³/mol. The molecule has 0 saturated carbocycles. The van der Waals surface area contributed by atoms with E-state index >= 15 is 0 Å². The summed E-state index contributed by atoms with van der Waals surface area (Å²) in [5, 5.41) is 8.93. The van der Waals surface area contributed by atoms with Gasteiger partial charge in [-0.2, -0.15) is 4.80 Å². The van der Waals surface area contributed by atoms with Crippen molar-refractivity contribution in [2.45, 2.75) is 11.8 Å². The van der Waals surface area contributed by atoms with E-state index < -0.39 is 10.0 Å². The summed E-state index contributed by atoms with van der Waals surface area (Å²) in [5.41, 5.74) is 9.93. The molecular weight excluding hydrogens is 470 g/mol. The van der Waals surface area contributed by atoms with Gasteiger partial charge in [0.25, 0.3) is 10.0 Å². The van der Waals surface area contributed by atoms with E-state index in [1.54, 1.807) is 43.5 Å². The van der Waals surface area contributed by atoms with E-state index in [0.29, 0.717) is 38.3 Å². The van der Waals surface area contributed by atoms with Crippen LogP contribution in [0.3, 0.4) is 0 Å². The number of nitrogens with two attached hydrogens (primary N) is 1. The lowest BCUT2D eigenvalue weighted by atomic mass is 10.2. The second-order valence-corrected chi connectivity index (χ2v) is 9.08. The lowest BCUT2D eigenvalue weighted by Crippen LogP contribution is -2.13. The van der Waals surface area contributed by atoms with Crippen LogP contribution in [-0.4, -0.2) is 30.5 Å². The van der Waals surface area contributed by atoms with Crippen LogP contribution < -0.4 is 15.2 Å². The molecule has 0 aliphatic rings. The van der Waals surface area contributed by atoms with Gasteiger partial charge < -0.3 is 10.5 Å². The van der Waals surface area contributed by atoms with Gasteiger partial charge in [-0.1, -0.05) is 0 Å². The maximum atomic E-state index is 12.7. The number of nitrogen functional groups attached to an aromatic ring is 1. The summed E-state index contributed by atoms with van der Waals surface area (Å²) in [7, 11) is -2.19. The maximum Gasteiger partial charge on any atom is 0.261 e. The number of rotatable bonds is 5. The van der Waals surface area contributed by atoms with Gasteiger partial charge in [0.05, 0.1) is 27.9 Å². The number of hydrogen-bond acceptors (Lipinski definition) is 6. The molecule has 0 amide bonds. The summed E-state index contributed by atoms with van der Waals surface area (Å²) >= 11 is 3.46. The Morgan fingerprint density at radius 1 is 1.07 bits per heavy atom. The summed E-state index contributed by atoms with van der Waals surface area (Å²) in [6, 6.07) is 14.8. The maximum absolute atomic E-state index is 12.7. The summed E-state index contributed by atoms with van der Waals surface area (Å²) < 4.78 is 33.6. The Kier molecular flexibility index (Phi) is 5.12. The fourth-order valence-electron chi connectivity index (χ4n) is 2.90. The molecule has 0 aliphatic heterocycles. The zero-order chi connectivity index (χ0) is 21.5. The van der Waals surface area contributed by atoms with Crippen LogP contribution >= 0.6 is 15.9 Å². The van der Waals surface area contributed by atoms with Crippen LogP contribution in [0.4, 0.5) is 11.4 Å². The van der Waals surface area contributed by atoms with Crippen LogP contribution in [0.15, 0.2) is 64.0 Å². The molecule has 0 bridgehead atoms. The molecule has 0 spiro atoms. The quantitative estimate of drug-likeness (QED) is 0.413. The van der Waals surface area contributed by atoms with Crippen molar-refractivity contribution in [2.75, 3.05) is 17.6 Å². The molecule has 3 aromatic carbocycles. The highest BCUT2D eigenvalue weighted by Crippen LogP contribution is 2.31. The molecule has 0 radical (unpaired) electrons. The molecule has 0 aliphatic carbocycles. The smallest absolute Gasteiger partial charge is 0.261 e. The molecule has 0 atom stereocenters. The van der Waals surface area contributed by atoms with E-state index in [-0.39, 0.29) is 4.90 Å². The number of aromatic nitrogens is 3. The van der Waals surface area contributed by atoms with Gasteiger partial charge in [0.15, 0.2) is 0 Å². The van der Waals surface area contributed by atoms with Crippen LogP contribution in [0.25, 0.3) is 16.7 Å². The number of nitrogens with zero attached hydrogens (tertiary/aromatic N) is 3. The van der Waals surface area contributed by atoms with Crippen molar-refractivity contribution < 1.29 is 13.2 Å². The molecule has 4 rings (SSSR count). The summed E-state index contributed by atoms with van der Waals surface area (Å²) in [5.74, 6) is 0.644. The Hall–Kier alpha value is -3.11. The zero-order valence-corrected chi connectivity index (χ0v) is 18.5. The number of sulfonamides is 1. The van der Waals surface area contributed by atoms with Gasteiger partial charge in [0, 0.05) is 5.69 Å². The number of fused-ring (bicyclic) bond motifs is 1. The van der Waals surface area contributed by atoms with E-state index in [9.17, 15) is 8.42 Å². The highest BCUT2D eigenvalue weighted by molar-refractivity contribution is 9.10. The van der Waals surface area contributed by atoms with Gasteiger partial charge in [0.1, 0.15) is 16.8 Å². The number of anilines is 2. The SMILES string of the molecule is COc1ccc(NS(=O)(=O)c2ccc(-n3nc4cc(C)c(N)c(Br)c4n3)cc2)cc1. The molecule has 10 heteroatoms. The van der Waals surface area contributed by atoms with Crippen molar-refractivity contribution in [1.29, 1.82) is 0 Å². The van der Waals surface area contributed by atoms with Crippen molar-refractivity contribution >= 4 is 48.4 Å². The topological polar surface area (TPSA) is 112 Å². The Morgan fingerprint density at radius 2 is 1.73 bits per heavy atom.